The number of hydrogen-bond donors (Lipinski definition) is 2. The summed E-state index contributed by atoms with van der Waals surface area (Å²) in [7, 11) is -4.16. The van der Waals surface area contributed by atoms with Gasteiger partial charge in [0.2, 0.25) is 10.0 Å². The quantitative estimate of drug-likeness (QED) is 0.688. The first-order chi connectivity index (χ1) is 8.24. The van der Waals surface area contributed by atoms with Gasteiger partial charge in [-0.25, -0.2) is 12.8 Å². The fourth-order valence-corrected chi connectivity index (χ4v) is 2.45. The number of aliphatic carboxylic acids is 1. The lowest BCUT2D eigenvalue weighted by Crippen LogP contribution is -2.53. The molecule has 0 fully saturated rings. The number of carboxylic acids is 1. The molecule has 0 heterocycles. The Labute approximate surface area is 103 Å². The third kappa shape index (κ3) is 3.49. The molecule has 0 aromatic heterocycles. The van der Waals surface area contributed by atoms with Crippen LogP contribution in [0, 0.1) is 5.82 Å². The van der Waals surface area contributed by atoms with Crippen molar-refractivity contribution in [1.29, 1.82) is 0 Å². The number of aliphatic hydroxyl groups is 1. The molecular formula is C10H11FNO5S-. The van der Waals surface area contributed by atoms with Crippen LogP contribution in [-0.2, 0) is 14.8 Å². The van der Waals surface area contributed by atoms with Gasteiger partial charge in [0.1, 0.15) is 5.82 Å². The first-order valence-electron chi connectivity index (χ1n) is 4.91. The van der Waals surface area contributed by atoms with Crippen LogP contribution < -0.4 is 9.83 Å². The van der Waals surface area contributed by atoms with E-state index in [0.717, 1.165) is 31.2 Å². The molecule has 0 amide bonds. The van der Waals surface area contributed by atoms with Gasteiger partial charge in [-0.3, -0.25) is 0 Å². The normalized spacial score (nSPS) is 15.1. The van der Waals surface area contributed by atoms with Crippen LogP contribution in [0.4, 0.5) is 4.39 Å². The molecule has 2 atom stereocenters. The standard InChI is InChI=1S/C10H12FNO5S/c1-6(13)9(10(14)15)12-18(16,17)8-4-2-7(11)3-5-8/h2-6,9,12-13H,1H3,(H,14,15)/p-1/t6-,9-/m1/s1. The molecule has 0 bridgehead atoms. The predicted molar refractivity (Wildman–Crippen MR) is 57.2 cm³/mol. The monoisotopic (exact) mass is 276 g/mol. The molecule has 1 aromatic rings. The van der Waals surface area contributed by atoms with Gasteiger partial charge in [-0.1, -0.05) is 0 Å². The summed E-state index contributed by atoms with van der Waals surface area (Å²) in [5.74, 6) is -2.38. The summed E-state index contributed by atoms with van der Waals surface area (Å²) in [4.78, 5) is 10.3. The number of halogens is 1. The highest BCUT2D eigenvalue weighted by Gasteiger charge is 2.24. The van der Waals surface area contributed by atoms with E-state index < -0.39 is 34.0 Å². The maximum Gasteiger partial charge on any atom is 0.241 e. The number of carbonyl (C=O) groups is 1. The van der Waals surface area contributed by atoms with E-state index in [0.29, 0.717) is 0 Å². The summed E-state index contributed by atoms with van der Waals surface area (Å²) in [5, 5.41) is 19.8. The second kappa shape index (κ2) is 5.42. The minimum Gasteiger partial charge on any atom is -0.548 e. The van der Waals surface area contributed by atoms with Crippen molar-refractivity contribution in [3.05, 3.63) is 30.1 Å². The first-order valence-corrected chi connectivity index (χ1v) is 6.39. The van der Waals surface area contributed by atoms with E-state index in [1.165, 1.54) is 0 Å². The van der Waals surface area contributed by atoms with E-state index in [1.54, 1.807) is 4.72 Å². The van der Waals surface area contributed by atoms with Crippen LogP contribution in [-0.4, -0.2) is 31.6 Å². The Balaban J connectivity index is 3.01. The van der Waals surface area contributed by atoms with Crippen LogP contribution in [0.2, 0.25) is 0 Å². The maximum absolute atomic E-state index is 12.6. The van der Waals surface area contributed by atoms with Crippen molar-refractivity contribution < 1.29 is 27.8 Å². The first kappa shape index (κ1) is 14.6. The van der Waals surface area contributed by atoms with Gasteiger partial charge >= 0.3 is 0 Å². The summed E-state index contributed by atoms with van der Waals surface area (Å²) in [6.45, 7) is 1.10. The highest BCUT2D eigenvalue weighted by atomic mass is 32.2. The highest BCUT2D eigenvalue weighted by Crippen LogP contribution is 2.10. The second-order valence-electron chi connectivity index (χ2n) is 3.61. The lowest BCUT2D eigenvalue weighted by molar-refractivity contribution is -0.309. The topological polar surface area (TPSA) is 107 Å². The van der Waals surface area contributed by atoms with E-state index >= 15 is 0 Å². The second-order valence-corrected chi connectivity index (χ2v) is 5.33. The summed E-state index contributed by atoms with van der Waals surface area (Å²) in [6.07, 6.45) is -1.47. The van der Waals surface area contributed by atoms with Crippen LogP contribution in [0.1, 0.15) is 6.92 Å². The molecule has 1 rings (SSSR count). The Kier molecular flexibility index (Phi) is 4.38. The molecule has 8 heteroatoms. The molecule has 0 unspecified atom stereocenters. The SMILES string of the molecule is C[C@@H](O)[C@@H](NS(=O)(=O)c1ccc(F)cc1)C(=O)[O-]. The average Bonchev–Trinajstić information content (AvgIpc) is 2.26. The zero-order valence-corrected chi connectivity index (χ0v) is 10.1. The number of benzene rings is 1. The molecule has 18 heavy (non-hydrogen) atoms. The van der Waals surface area contributed by atoms with Gasteiger partial charge in [-0.2, -0.15) is 4.72 Å². The van der Waals surface area contributed by atoms with E-state index in [9.17, 15) is 22.7 Å². The summed E-state index contributed by atoms with van der Waals surface area (Å²) < 4.78 is 37.9. The van der Waals surface area contributed by atoms with Gasteiger partial charge < -0.3 is 15.0 Å². The van der Waals surface area contributed by atoms with Crippen LogP contribution >= 0.6 is 0 Å². The van der Waals surface area contributed by atoms with E-state index in [4.69, 9.17) is 5.11 Å². The molecule has 6 nitrogen and oxygen atoms in total. The molecule has 1 aromatic carbocycles. The van der Waals surface area contributed by atoms with Crippen molar-refractivity contribution in [1.82, 2.24) is 4.72 Å². The van der Waals surface area contributed by atoms with E-state index in [1.807, 2.05) is 0 Å². The molecule has 2 N–H and O–H groups in total. The van der Waals surface area contributed by atoms with Crippen molar-refractivity contribution >= 4 is 16.0 Å². The van der Waals surface area contributed by atoms with Crippen molar-refractivity contribution in [2.75, 3.05) is 0 Å². The third-order valence-corrected chi connectivity index (χ3v) is 3.60. The van der Waals surface area contributed by atoms with Gasteiger partial charge in [-0.05, 0) is 31.2 Å². The van der Waals surface area contributed by atoms with Crippen LogP contribution in [0.3, 0.4) is 0 Å². The van der Waals surface area contributed by atoms with Gasteiger partial charge in [0.25, 0.3) is 0 Å². The van der Waals surface area contributed by atoms with Crippen molar-refractivity contribution in [3.8, 4) is 0 Å². The maximum atomic E-state index is 12.6. The number of sulfonamides is 1. The van der Waals surface area contributed by atoms with Gasteiger partial charge in [0.05, 0.1) is 23.0 Å². The Hall–Kier alpha value is -1.51. The number of carboxylic acid groups (broad SMARTS) is 1. The minimum absolute atomic E-state index is 0.309. The van der Waals surface area contributed by atoms with Gasteiger partial charge in [0.15, 0.2) is 0 Å². The number of aliphatic hydroxyl groups excluding tert-OH is 1. The third-order valence-electron chi connectivity index (χ3n) is 2.14. The fourth-order valence-electron chi connectivity index (χ4n) is 1.19. The molecule has 0 aliphatic heterocycles. The minimum atomic E-state index is -4.16. The van der Waals surface area contributed by atoms with E-state index in [2.05, 4.69) is 0 Å². The summed E-state index contributed by atoms with van der Waals surface area (Å²) in [5.41, 5.74) is 0. The Morgan fingerprint density at radius 3 is 2.28 bits per heavy atom. The predicted octanol–water partition coefficient (Wildman–Crippen LogP) is -1.40. The molecule has 0 saturated carbocycles. The lowest BCUT2D eigenvalue weighted by atomic mass is 10.2. The molecular weight excluding hydrogens is 265 g/mol. The zero-order valence-electron chi connectivity index (χ0n) is 9.33. The largest absolute Gasteiger partial charge is 0.548 e. The zero-order chi connectivity index (χ0) is 13.9. The Bertz CT molecular complexity index is 526. The van der Waals surface area contributed by atoms with Crippen molar-refractivity contribution in [2.45, 2.75) is 24.0 Å². The molecule has 0 aliphatic carbocycles. The smallest absolute Gasteiger partial charge is 0.241 e. The summed E-state index contributed by atoms with van der Waals surface area (Å²) in [6, 6.07) is 2.02. The van der Waals surface area contributed by atoms with Crippen molar-refractivity contribution in [3.63, 3.8) is 0 Å². The summed E-state index contributed by atoms with van der Waals surface area (Å²) >= 11 is 0. The van der Waals surface area contributed by atoms with Gasteiger partial charge in [-0.15, -0.1) is 0 Å². The molecule has 0 spiro atoms. The van der Waals surface area contributed by atoms with Gasteiger partial charge in [0, 0.05) is 0 Å². The number of carbonyl (C=O) groups excluding carboxylic acids is 1. The average molecular weight is 276 g/mol. The molecule has 0 radical (unpaired) electrons. The van der Waals surface area contributed by atoms with Crippen LogP contribution in [0.25, 0.3) is 0 Å². The van der Waals surface area contributed by atoms with E-state index in [-0.39, 0.29) is 4.90 Å². The lowest BCUT2D eigenvalue weighted by Gasteiger charge is -2.22. The molecule has 0 aliphatic rings. The number of nitrogens with one attached hydrogen (secondary N) is 1. The molecule has 100 valence electrons. The Morgan fingerprint density at radius 2 is 1.89 bits per heavy atom. The number of rotatable bonds is 5. The number of hydrogen-bond acceptors (Lipinski definition) is 5. The van der Waals surface area contributed by atoms with Crippen LogP contribution in [0.15, 0.2) is 29.2 Å². The van der Waals surface area contributed by atoms with Crippen molar-refractivity contribution in [2.24, 2.45) is 0 Å². The Morgan fingerprint density at radius 1 is 1.39 bits per heavy atom. The van der Waals surface area contributed by atoms with Crippen LogP contribution in [0.5, 0.6) is 0 Å². The molecule has 0 saturated heterocycles. The highest BCUT2D eigenvalue weighted by molar-refractivity contribution is 7.89. The fraction of sp³-hybridized carbons (Fsp3) is 0.300.